The first-order chi connectivity index (χ1) is 12.2. The average molecular weight is 408 g/mol. The Hall–Kier alpha value is -2.19. The Morgan fingerprint density at radius 3 is 2.31 bits per heavy atom. The summed E-state index contributed by atoms with van der Waals surface area (Å²) in [7, 11) is -3.81. The van der Waals surface area contributed by atoms with Crippen molar-refractivity contribution in [2.45, 2.75) is 11.8 Å². The SMILES string of the molecule is Cc1c(-c2cccc(Cl)c2)sc(C(=O)O)c1-c1ccc(S(N)(=O)=O)cc1. The second kappa shape index (κ2) is 6.85. The molecule has 3 N–H and O–H groups in total. The van der Waals surface area contributed by atoms with Crippen molar-refractivity contribution in [1.82, 2.24) is 0 Å². The van der Waals surface area contributed by atoms with Gasteiger partial charge in [-0.2, -0.15) is 0 Å². The molecule has 0 atom stereocenters. The Morgan fingerprint density at radius 2 is 1.77 bits per heavy atom. The maximum absolute atomic E-state index is 11.8. The maximum atomic E-state index is 11.8. The van der Waals surface area contributed by atoms with E-state index in [-0.39, 0.29) is 9.77 Å². The van der Waals surface area contributed by atoms with E-state index in [2.05, 4.69) is 0 Å². The Balaban J connectivity index is 2.19. The monoisotopic (exact) mass is 407 g/mol. The molecular weight excluding hydrogens is 394 g/mol. The number of aromatic carboxylic acids is 1. The molecule has 0 aliphatic rings. The first-order valence-corrected chi connectivity index (χ1v) is 10.2. The Bertz CT molecular complexity index is 1100. The minimum atomic E-state index is -3.81. The molecule has 5 nitrogen and oxygen atoms in total. The van der Waals surface area contributed by atoms with Crippen LogP contribution < -0.4 is 5.14 Å². The van der Waals surface area contributed by atoms with Gasteiger partial charge in [-0.1, -0.05) is 35.9 Å². The number of nitrogens with two attached hydrogens (primary N) is 1. The predicted molar refractivity (Wildman–Crippen MR) is 103 cm³/mol. The number of thiophene rings is 1. The summed E-state index contributed by atoms with van der Waals surface area (Å²) >= 11 is 7.21. The van der Waals surface area contributed by atoms with Crippen molar-refractivity contribution in [2.24, 2.45) is 5.14 Å². The molecule has 0 unspecified atom stereocenters. The summed E-state index contributed by atoms with van der Waals surface area (Å²) in [6.07, 6.45) is 0. The largest absolute Gasteiger partial charge is 0.477 e. The molecule has 0 bridgehead atoms. The summed E-state index contributed by atoms with van der Waals surface area (Å²) in [5.74, 6) is -1.04. The molecule has 0 saturated heterocycles. The van der Waals surface area contributed by atoms with Gasteiger partial charge < -0.3 is 5.11 Å². The number of primary sulfonamides is 1. The lowest BCUT2D eigenvalue weighted by atomic mass is 9.99. The van der Waals surface area contributed by atoms with Gasteiger partial charge in [-0.25, -0.2) is 18.4 Å². The van der Waals surface area contributed by atoms with Crippen LogP contribution in [0.25, 0.3) is 21.6 Å². The van der Waals surface area contributed by atoms with E-state index in [1.165, 1.54) is 12.1 Å². The lowest BCUT2D eigenvalue weighted by Gasteiger charge is -2.06. The maximum Gasteiger partial charge on any atom is 0.346 e. The van der Waals surface area contributed by atoms with Crippen LogP contribution in [-0.2, 0) is 10.0 Å². The highest BCUT2D eigenvalue weighted by Crippen LogP contribution is 2.42. The fourth-order valence-electron chi connectivity index (χ4n) is 2.73. The molecule has 0 spiro atoms. The number of benzene rings is 2. The van der Waals surface area contributed by atoms with Gasteiger partial charge in [0.2, 0.25) is 10.0 Å². The minimum absolute atomic E-state index is 0.0268. The smallest absolute Gasteiger partial charge is 0.346 e. The second-order valence-corrected chi connectivity index (χ2v) is 8.66. The van der Waals surface area contributed by atoms with Crippen molar-refractivity contribution in [2.75, 3.05) is 0 Å². The lowest BCUT2D eigenvalue weighted by molar-refractivity contribution is 0.0703. The normalized spacial score (nSPS) is 11.5. The molecule has 134 valence electrons. The number of sulfonamides is 1. The van der Waals surface area contributed by atoms with Crippen molar-refractivity contribution in [3.8, 4) is 21.6 Å². The zero-order chi connectivity index (χ0) is 19.1. The Morgan fingerprint density at radius 1 is 1.12 bits per heavy atom. The van der Waals surface area contributed by atoms with E-state index < -0.39 is 16.0 Å². The standard InChI is InChI=1S/C18H14ClNO4S2/c1-10-15(11-5-7-14(8-6-11)26(20,23)24)17(18(21)22)25-16(10)12-3-2-4-13(19)9-12/h2-9H,1H3,(H,21,22)(H2,20,23,24). The van der Waals surface area contributed by atoms with Crippen LogP contribution >= 0.6 is 22.9 Å². The highest BCUT2D eigenvalue weighted by atomic mass is 35.5. The third-order valence-electron chi connectivity index (χ3n) is 3.90. The van der Waals surface area contributed by atoms with E-state index in [1.807, 2.05) is 13.0 Å². The van der Waals surface area contributed by atoms with Gasteiger partial charge in [0.15, 0.2) is 0 Å². The van der Waals surface area contributed by atoms with Crippen molar-refractivity contribution in [1.29, 1.82) is 0 Å². The molecule has 0 fully saturated rings. The number of halogens is 1. The van der Waals surface area contributed by atoms with Gasteiger partial charge in [0, 0.05) is 15.5 Å². The van der Waals surface area contributed by atoms with Crippen molar-refractivity contribution >= 4 is 38.9 Å². The third kappa shape index (κ3) is 3.52. The number of carbonyl (C=O) groups is 1. The van der Waals surface area contributed by atoms with Gasteiger partial charge in [0.25, 0.3) is 0 Å². The van der Waals surface area contributed by atoms with Crippen molar-refractivity contribution in [3.05, 3.63) is 64.0 Å². The quantitative estimate of drug-likeness (QED) is 0.670. The molecule has 26 heavy (non-hydrogen) atoms. The number of carboxylic acid groups (broad SMARTS) is 1. The molecule has 0 radical (unpaired) electrons. The molecule has 8 heteroatoms. The zero-order valence-corrected chi connectivity index (χ0v) is 16.0. The summed E-state index contributed by atoms with van der Waals surface area (Å²) in [4.78, 5) is 12.7. The molecule has 2 aromatic carbocycles. The van der Waals surface area contributed by atoms with Crippen LogP contribution in [0.15, 0.2) is 53.4 Å². The van der Waals surface area contributed by atoms with Crippen LogP contribution in [0.2, 0.25) is 5.02 Å². The van der Waals surface area contributed by atoms with Crippen molar-refractivity contribution in [3.63, 3.8) is 0 Å². The summed E-state index contributed by atoms with van der Waals surface area (Å²) in [6.45, 7) is 1.84. The molecule has 0 aliphatic carbocycles. The number of carboxylic acids is 1. The Kier molecular flexibility index (Phi) is 4.90. The number of hydrogen-bond donors (Lipinski definition) is 2. The average Bonchev–Trinajstić information content (AvgIpc) is 2.92. The molecule has 0 amide bonds. The van der Waals surface area contributed by atoms with E-state index in [0.717, 1.165) is 27.3 Å². The third-order valence-corrected chi connectivity index (χ3v) is 6.39. The minimum Gasteiger partial charge on any atom is -0.477 e. The first-order valence-electron chi connectivity index (χ1n) is 7.44. The van der Waals surface area contributed by atoms with Gasteiger partial charge in [-0.05, 0) is 47.9 Å². The van der Waals surface area contributed by atoms with Gasteiger partial charge in [-0.3, -0.25) is 0 Å². The first kappa shape index (κ1) is 18.6. The molecule has 0 aliphatic heterocycles. The van der Waals surface area contributed by atoms with E-state index in [1.54, 1.807) is 30.3 Å². The van der Waals surface area contributed by atoms with Crippen LogP contribution in [0.3, 0.4) is 0 Å². The summed E-state index contributed by atoms with van der Waals surface area (Å²) in [6, 6.07) is 13.0. The van der Waals surface area contributed by atoms with Crippen LogP contribution in [0.4, 0.5) is 0 Å². The van der Waals surface area contributed by atoms with Crippen LogP contribution in [0, 0.1) is 6.92 Å². The van der Waals surface area contributed by atoms with Gasteiger partial charge in [-0.15, -0.1) is 11.3 Å². The van der Waals surface area contributed by atoms with E-state index >= 15 is 0 Å². The van der Waals surface area contributed by atoms with Crippen LogP contribution in [-0.4, -0.2) is 19.5 Å². The fourth-order valence-corrected chi connectivity index (χ4v) is 4.60. The number of hydrogen-bond acceptors (Lipinski definition) is 4. The van der Waals surface area contributed by atoms with E-state index in [4.69, 9.17) is 16.7 Å². The van der Waals surface area contributed by atoms with Gasteiger partial charge >= 0.3 is 5.97 Å². The molecule has 3 rings (SSSR count). The molecule has 1 heterocycles. The fraction of sp³-hybridized carbons (Fsp3) is 0.0556. The molecule has 1 aromatic heterocycles. The van der Waals surface area contributed by atoms with Crippen molar-refractivity contribution < 1.29 is 18.3 Å². The highest BCUT2D eigenvalue weighted by molar-refractivity contribution is 7.89. The number of rotatable bonds is 4. The van der Waals surface area contributed by atoms with Crippen LogP contribution in [0.5, 0.6) is 0 Å². The zero-order valence-electron chi connectivity index (χ0n) is 13.6. The van der Waals surface area contributed by atoms with Crippen LogP contribution in [0.1, 0.15) is 15.2 Å². The van der Waals surface area contributed by atoms with Gasteiger partial charge in [0.05, 0.1) is 4.90 Å². The molecule has 0 saturated carbocycles. The lowest BCUT2D eigenvalue weighted by Crippen LogP contribution is -2.11. The molecular formula is C18H14ClNO4S2. The summed E-state index contributed by atoms with van der Waals surface area (Å²) < 4.78 is 22.8. The second-order valence-electron chi connectivity index (χ2n) is 5.65. The molecule has 3 aromatic rings. The van der Waals surface area contributed by atoms with Gasteiger partial charge in [0.1, 0.15) is 4.88 Å². The highest BCUT2D eigenvalue weighted by Gasteiger charge is 2.22. The summed E-state index contributed by atoms with van der Waals surface area (Å²) in [5, 5.41) is 15.3. The predicted octanol–water partition coefficient (Wildman–Crippen LogP) is 4.39. The van der Waals surface area contributed by atoms with E-state index in [9.17, 15) is 18.3 Å². The summed E-state index contributed by atoms with van der Waals surface area (Å²) in [5.41, 5.74) is 2.78. The topological polar surface area (TPSA) is 97.5 Å². The Labute approximate surface area is 159 Å². The van der Waals surface area contributed by atoms with E-state index in [0.29, 0.717) is 16.1 Å².